The van der Waals surface area contributed by atoms with Gasteiger partial charge in [0, 0.05) is 29.0 Å². The quantitative estimate of drug-likeness (QED) is 0.673. The van der Waals surface area contributed by atoms with Gasteiger partial charge < -0.3 is 4.90 Å². The summed E-state index contributed by atoms with van der Waals surface area (Å²) in [6.07, 6.45) is 3.51. The third-order valence-corrected chi connectivity index (χ3v) is 6.20. The first kappa shape index (κ1) is 13.6. The van der Waals surface area contributed by atoms with E-state index in [1.165, 1.54) is 35.4 Å². The topological polar surface area (TPSA) is 15.6 Å². The molecule has 1 spiro atoms. The molecule has 0 amide bonds. The second-order valence-corrected chi connectivity index (χ2v) is 7.42. The van der Waals surface area contributed by atoms with Gasteiger partial charge in [-0.1, -0.05) is 35.9 Å². The van der Waals surface area contributed by atoms with E-state index >= 15 is 0 Å². The fourth-order valence-corrected chi connectivity index (χ4v) is 5.17. The van der Waals surface area contributed by atoms with Crippen molar-refractivity contribution in [1.82, 2.24) is 0 Å². The molecule has 5 rings (SSSR count). The zero-order valence-corrected chi connectivity index (χ0v) is 14.0. The van der Waals surface area contributed by atoms with Crippen molar-refractivity contribution in [3.8, 4) is 0 Å². The minimum atomic E-state index is 0.0356. The van der Waals surface area contributed by atoms with Crippen molar-refractivity contribution < 1.29 is 0 Å². The number of hydrogen-bond donors (Lipinski definition) is 0. The SMILES string of the molecule is CC1=Nc2ccccc2C12Cc1ccc(Cl)cc1N1CCCC12. The van der Waals surface area contributed by atoms with Crippen LogP contribution in [0.3, 0.4) is 0 Å². The highest BCUT2D eigenvalue weighted by Gasteiger charge is 2.53. The lowest BCUT2D eigenvalue weighted by Gasteiger charge is -2.47. The summed E-state index contributed by atoms with van der Waals surface area (Å²) in [7, 11) is 0. The molecule has 0 saturated carbocycles. The Hall–Kier alpha value is -1.80. The molecule has 3 heteroatoms. The van der Waals surface area contributed by atoms with Crippen LogP contribution in [-0.2, 0) is 11.8 Å². The number of halogens is 1. The van der Waals surface area contributed by atoms with E-state index in [0.29, 0.717) is 6.04 Å². The van der Waals surface area contributed by atoms with Gasteiger partial charge in [-0.3, -0.25) is 4.99 Å². The number of para-hydroxylation sites is 1. The summed E-state index contributed by atoms with van der Waals surface area (Å²) < 4.78 is 0. The summed E-state index contributed by atoms with van der Waals surface area (Å²) in [6, 6.07) is 15.6. The molecule has 2 aromatic carbocycles. The smallest absolute Gasteiger partial charge is 0.0671 e. The van der Waals surface area contributed by atoms with Crippen LogP contribution < -0.4 is 4.90 Å². The van der Waals surface area contributed by atoms with Crippen LogP contribution >= 0.6 is 11.6 Å². The van der Waals surface area contributed by atoms with Gasteiger partial charge in [0.25, 0.3) is 0 Å². The first-order chi connectivity index (χ1) is 11.2. The molecule has 2 unspecified atom stereocenters. The van der Waals surface area contributed by atoms with E-state index in [4.69, 9.17) is 16.6 Å². The van der Waals surface area contributed by atoms with Crippen LogP contribution in [-0.4, -0.2) is 18.3 Å². The molecular weight excluding hydrogens is 304 g/mol. The zero-order chi connectivity index (χ0) is 15.6. The van der Waals surface area contributed by atoms with Crippen molar-refractivity contribution in [2.75, 3.05) is 11.4 Å². The third-order valence-electron chi connectivity index (χ3n) is 5.97. The molecule has 0 aliphatic carbocycles. The van der Waals surface area contributed by atoms with Crippen LogP contribution in [0, 0.1) is 0 Å². The molecule has 3 aliphatic heterocycles. The molecule has 2 atom stereocenters. The van der Waals surface area contributed by atoms with Crippen LogP contribution in [0.4, 0.5) is 11.4 Å². The molecule has 116 valence electrons. The van der Waals surface area contributed by atoms with E-state index in [0.717, 1.165) is 23.7 Å². The molecule has 2 aromatic rings. The largest absolute Gasteiger partial charge is 0.367 e. The first-order valence-corrected chi connectivity index (χ1v) is 8.78. The Morgan fingerprint density at radius 1 is 1.22 bits per heavy atom. The van der Waals surface area contributed by atoms with Crippen LogP contribution in [0.25, 0.3) is 0 Å². The van der Waals surface area contributed by atoms with Crippen molar-refractivity contribution in [2.45, 2.75) is 37.6 Å². The normalized spacial score (nSPS) is 27.7. The van der Waals surface area contributed by atoms with Crippen molar-refractivity contribution in [3.63, 3.8) is 0 Å². The number of hydrogen-bond acceptors (Lipinski definition) is 2. The standard InChI is InChI=1S/C20H19ClN2/c1-13-20(16-5-2-3-6-17(16)22-13)12-14-8-9-15(21)11-18(14)23-10-4-7-19(20)23/h2-3,5-6,8-9,11,19H,4,7,10,12H2,1H3. The molecular formula is C20H19ClN2. The van der Waals surface area contributed by atoms with Crippen molar-refractivity contribution in [3.05, 3.63) is 58.6 Å². The van der Waals surface area contributed by atoms with Gasteiger partial charge in [0.2, 0.25) is 0 Å². The number of aliphatic imine (C=N–C) groups is 1. The summed E-state index contributed by atoms with van der Waals surface area (Å²) >= 11 is 6.28. The van der Waals surface area contributed by atoms with E-state index in [2.05, 4.69) is 48.2 Å². The Labute approximate surface area is 141 Å². The Morgan fingerprint density at radius 3 is 3.00 bits per heavy atom. The lowest BCUT2D eigenvalue weighted by Crippen LogP contribution is -2.55. The molecule has 23 heavy (non-hydrogen) atoms. The number of benzene rings is 2. The van der Waals surface area contributed by atoms with Gasteiger partial charge in [-0.2, -0.15) is 0 Å². The highest BCUT2D eigenvalue weighted by molar-refractivity contribution is 6.30. The number of nitrogens with zero attached hydrogens (tertiary/aromatic N) is 2. The summed E-state index contributed by atoms with van der Waals surface area (Å²) in [5.74, 6) is 0. The van der Waals surface area contributed by atoms with Gasteiger partial charge in [0.1, 0.15) is 0 Å². The lowest BCUT2D eigenvalue weighted by atomic mass is 9.65. The van der Waals surface area contributed by atoms with Crippen molar-refractivity contribution >= 4 is 28.7 Å². The van der Waals surface area contributed by atoms with E-state index in [9.17, 15) is 0 Å². The van der Waals surface area contributed by atoms with Crippen LogP contribution in [0.2, 0.25) is 5.02 Å². The molecule has 0 bridgehead atoms. The number of rotatable bonds is 0. The fourth-order valence-electron chi connectivity index (χ4n) is 5.01. The highest BCUT2D eigenvalue weighted by Crippen LogP contribution is 2.53. The van der Waals surface area contributed by atoms with Gasteiger partial charge in [-0.25, -0.2) is 0 Å². The van der Waals surface area contributed by atoms with Gasteiger partial charge in [-0.15, -0.1) is 0 Å². The molecule has 3 heterocycles. The Morgan fingerprint density at radius 2 is 2.09 bits per heavy atom. The van der Waals surface area contributed by atoms with Crippen LogP contribution in [0.1, 0.15) is 30.9 Å². The summed E-state index contributed by atoms with van der Waals surface area (Å²) in [4.78, 5) is 7.53. The zero-order valence-electron chi connectivity index (χ0n) is 13.2. The Bertz CT molecular complexity index is 841. The van der Waals surface area contributed by atoms with E-state index in [1.807, 2.05) is 6.07 Å². The van der Waals surface area contributed by atoms with E-state index in [-0.39, 0.29) is 5.41 Å². The highest BCUT2D eigenvalue weighted by atomic mass is 35.5. The third kappa shape index (κ3) is 1.68. The number of anilines is 1. The summed E-state index contributed by atoms with van der Waals surface area (Å²) in [6.45, 7) is 3.34. The molecule has 0 N–H and O–H groups in total. The minimum Gasteiger partial charge on any atom is -0.367 e. The molecule has 2 nitrogen and oxygen atoms in total. The predicted octanol–water partition coefficient (Wildman–Crippen LogP) is 4.91. The molecule has 1 saturated heterocycles. The molecule has 0 radical (unpaired) electrons. The van der Waals surface area contributed by atoms with Gasteiger partial charge in [-0.05, 0) is 55.5 Å². The summed E-state index contributed by atoms with van der Waals surface area (Å²) in [5.41, 5.74) is 6.62. The van der Waals surface area contributed by atoms with E-state index < -0.39 is 0 Å². The fraction of sp³-hybridized carbons (Fsp3) is 0.350. The maximum Gasteiger partial charge on any atom is 0.0671 e. The molecule has 3 aliphatic rings. The Kier molecular flexibility index (Phi) is 2.73. The van der Waals surface area contributed by atoms with Crippen molar-refractivity contribution in [2.24, 2.45) is 4.99 Å². The average Bonchev–Trinajstić information content (AvgIpc) is 3.14. The molecule has 0 aromatic heterocycles. The van der Waals surface area contributed by atoms with Crippen LogP contribution in [0.5, 0.6) is 0 Å². The second kappa shape index (κ2) is 4.61. The first-order valence-electron chi connectivity index (χ1n) is 8.40. The average molecular weight is 323 g/mol. The van der Waals surface area contributed by atoms with Gasteiger partial charge >= 0.3 is 0 Å². The summed E-state index contributed by atoms with van der Waals surface area (Å²) in [5, 5.41) is 0.836. The monoisotopic (exact) mass is 322 g/mol. The van der Waals surface area contributed by atoms with Gasteiger partial charge in [0.05, 0.1) is 11.1 Å². The minimum absolute atomic E-state index is 0.0356. The maximum atomic E-state index is 6.28. The van der Waals surface area contributed by atoms with Crippen LogP contribution in [0.15, 0.2) is 47.5 Å². The number of fused-ring (bicyclic) bond motifs is 6. The van der Waals surface area contributed by atoms with E-state index in [1.54, 1.807) is 0 Å². The van der Waals surface area contributed by atoms with Crippen molar-refractivity contribution in [1.29, 1.82) is 0 Å². The molecule has 1 fully saturated rings. The lowest BCUT2D eigenvalue weighted by molar-refractivity contribution is 0.433. The van der Waals surface area contributed by atoms with Gasteiger partial charge in [0.15, 0.2) is 0 Å². The maximum absolute atomic E-state index is 6.28. The predicted molar refractivity (Wildman–Crippen MR) is 96.4 cm³/mol. The second-order valence-electron chi connectivity index (χ2n) is 6.99. The Balaban J connectivity index is 1.77.